The molecule has 0 bridgehead atoms. The molecule has 0 saturated heterocycles. The average molecular weight is 134 g/mol. The Labute approximate surface area is 62.9 Å². The van der Waals surface area contributed by atoms with Crippen molar-refractivity contribution >= 4 is 0 Å². The Balaban J connectivity index is 2.54. The van der Waals surface area contributed by atoms with Crippen LogP contribution in [-0.2, 0) is 0 Å². The molecule has 0 fully saturated rings. The molecule has 0 radical (unpaired) electrons. The normalized spacial score (nSPS) is 18.6. The third kappa shape index (κ3) is 2.24. The predicted octanol–water partition coefficient (Wildman–Crippen LogP) is 3.22. The summed E-state index contributed by atoms with van der Waals surface area (Å²) in [6, 6.07) is 0. The second-order valence-corrected chi connectivity index (χ2v) is 2.73. The molecule has 0 aromatic carbocycles. The molecule has 0 heteroatoms. The Morgan fingerprint density at radius 3 is 3.10 bits per heavy atom. The summed E-state index contributed by atoms with van der Waals surface area (Å²) in [5.41, 5.74) is 4.25. The van der Waals surface area contributed by atoms with E-state index in [1.54, 1.807) is 0 Å². The van der Waals surface area contributed by atoms with Crippen molar-refractivity contribution in [3.63, 3.8) is 0 Å². The average Bonchev–Trinajstić information content (AvgIpc) is 2.17. The van der Waals surface area contributed by atoms with Gasteiger partial charge in [-0.05, 0) is 37.3 Å². The van der Waals surface area contributed by atoms with Gasteiger partial charge in [0.2, 0.25) is 0 Å². The Kier molecular flexibility index (Phi) is 3.05. The molecule has 0 aromatic rings. The first-order chi connectivity index (χ1) is 4.93. The van der Waals surface area contributed by atoms with E-state index in [2.05, 4.69) is 18.4 Å². The highest BCUT2D eigenvalue weighted by Gasteiger charge is 1.97. The summed E-state index contributed by atoms with van der Waals surface area (Å²) in [4.78, 5) is 0. The van der Waals surface area contributed by atoms with Crippen LogP contribution in [0.3, 0.4) is 0 Å². The first kappa shape index (κ1) is 7.37. The van der Waals surface area contributed by atoms with E-state index in [0.29, 0.717) is 0 Å². The van der Waals surface area contributed by atoms with Crippen LogP contribution in [-0.4, -0.2) is 0 Å². The SMILES string of the molecule is C=C=CC1=CCCCCC1. The van der Waals surface area contributed by atoms with Crippen LogP contribution in [0.15, 0.2) is 30.0 Å². The lowest BCUT2D eigenvalue weighted by Crippen LogP contribution is -1.74. The van der Waals surface area contributed by atoms with Crippen molar-refractivity contribution in [1.29, 1.82) is 0 Å². The maximum Gasteiger partial charge on any atom is -0.0177 e. The Hall–Kier alpha value is -0.740. The van der Waals surface area contributed by atoms with Crippen LogP contribution < -0.4 is 0 Å². The molecule has 0 aliphatic heterocycles. The minimum Gasteiger partial charge on any atom is -0.128 e. The van der Waals surface area contributed by atoms with E-state index < -0.39 is 0 Å². The predicted molar refractivity (Wildman–Crippen MR) is 44.9 cm³/mol. The van der Waals surface area contributed by atoms with Crippen LogP contribution in [0, 0.1) is 0 Å². The highest BCUT2D eigenvalue weighted by atomic mass is 14.0. The van der Waals surface area contributed by atoms with Crippen molar-refractivity contribution in [2.24, 2.45) is 0 Å². The molecular weight excluding hydrogens is 120 g/mol. The molecule has 0 aromatic heterocycles. The Bertz CT molecular complexity index is 168. The molecule has 1 aliphatic rings. The van der Waals surface area contributed by atoms with Gasteiger partial charge in [0.1, 0.15) is 0 Å². The summed E-state index contributed by atoms with van der Waals surface area (Å²) < 4.78 is 0. The van der Waals surface area contributed by atoms with Gasteiger partial charge in [-0.2, -0.15) is 0 Å². The second-order valence-electron chi connectivity index (χ2n) is 2.73. The largest absolute Gasteiger partial charge is 0.128 e. The van der Waals surface area contributed by atoms with Crippen LogP contribution in [0.1, 0.15) is 32.1 Å². The van der Waals surface area contributed by atoms with Crippen molar-refractivity contribution < 1.29 is 0 Å². The van der Waals surface area contributed by atoms with Gasteiger partial charge in [-0.25, -0.2) is 0 Å². The smallest absolute Gasteiger partial charge is 0.0177 e. The fraction of sp³-hybridized carbons (Fsp3) is 0.500. The van der Waals surface area contributed by atoms with E-state index in [1.165, 1.54) is 37.7 Å². The van der Waals surface area contributed by atoms with E-state index >= 15 is 0 Å². The minimum atomic E-state index is 1.22. The van der Waals surface area contributed by atoms with E-state index in [0.717, 1.165) is 0 Å². The summed E-state index contributed by atoms with van der Waals surface area (Å²) in [7, 11) is 0. The lowest BCUT2D eigenvalue weighted by Gasteiger charge is -1.93. The first-order valence-corrected chi connectivity index (χ1v) is 3.98. The molecule has 54 valence electrons. The molecule has 0 heterocycles. The molecule has 0 atom stereocenters. The molecule has 0 saturated carbocycles. The molecule has 0 nitrogen and oxygen atoms in total. The maximum atomic E-state index is 3.56. The van der Waals surface area contributed by atoms with Crippen LogP contribution >= 0.6 is 0 Å². The first-order valence-electron chi connectivity index (χ1n) is 3.98. The Morgan fingerprint density at radius 1 is 1.40 bits per heavy atom. The van der Waals surface area contributed by atoms with Gasteiger partial charge >= 0.3 is 0 Å². The molecular formula is C10H14. The monoisotopic (exact) mass is 134 g/mol. The van der Waals surface area contributed by atoms with Crippen LogP contribution in [0.25, 0.3) is 0 Å². The highest BCUT2D eigenvalue weighted by Crippen LogP contribution is 2.17. The Morgan fingerprint density at radius 2 is 2.30 bits per heavy atom. The standard InChI is InChI=1S/C10H14/c1-2-7-10-8-5-3-4-6-9-10/h7-8H,1,3-6,9H2. The summed E-state index contributed by atoms with van der Waals surface area (Å²) in [5.74, 6) is 0. The van der Waals surface area contributed by atoms with Crippen LogP contribution in [0.5, 0.6) is 0 Å². The summed E-state index contributed by atoms with van der Waals surface area (Å²) in [6.07, 6.45) is 10.9. The van der Waals surface area contributed by atoms with Gasteiger partial charge in [0.25, 0.3) is 0 Å². The number of hydrogen-bond acceptors (Lipinski definition) is 0. The zero-order valence-corrected chi connectivity index (χ0v) is 6.40. The topological polar surface area (TPSA) is 0 Å². The summed E-state index contributed by atoms with van der Waals surface area (Å²) in [5, 5.41) is 0. The quantitative estimate of drug-likeness (QED) is 0.483. The third-order valence-electron chi connectivity index (χ3n) is 1.86. The lowest BCUT2D eigenvalue weighted by molar-refractivity contribution is 0.714. The molecule has 10 heavy (non-hydrogen) atoms. The van der Waals surface area contributed by atoms with Gasteiger partial charge in [0.15, 0.2) is 0 Å². The van der Waals surface area contributed by atoms with Gasteiger partial charge < -0.3 is 0 Å². The van der Waals surface area contributed by atoms with Gasteiger partial charge in [-0.3, -0.25) is 0 Å². The van der Waals surface area contributed by atoms with Gasteiger partial charge in [0, 0.05) is 0 Å². The zero-order valence-electron chi connectivity index (χ0n) is 6.40. The van der Waals surface area contributed by atoms with Crippen molar-refractivity contribution in [1.82, 2.24) is 0 Å². The lowest BCUT2D eigenvalue weighted by atomic mass is 10.1. The van der Waals surface area contributed by atoms with E-state index in [1.807, 2.05) is 6.08 Å². The van der Waals surface area contributed by atoms with Gasteiger partial charge in [-0.1, -0.05) is 19.1 Å². The molecule has 1 aliphatic carbocycles. The summed E-state index contributed by atoms with van der Waals surface area (Å²) in [6.45, 7) is 3.56. The molecule has 0 N–H and O–H groups in total. The maximum absolute atomic E-state index is 3.56. The number of hydrogen-bond donors (Lipinski definition) is 0. The number of rotatable bonds is 1. The minimum absolute atomic E-state index is 1.22. The fourth-order valence-corrected chi connectivity index (χ4v) is 1.30. The van der Waals surface area contributed by atoms with Gasteiger partial charge in [0.05, 0.1) is 0 Å². The van der Waals surface area contributed by atoms with Crippen molar-refractivity contribution in [3.8, 4) is 0 Å². The number of allylic oxidation sites excluding steroid dienone is 3. The molecule has 0 unspecified atom stereocenters. The van der Waals surface area contributed by atoms with Crippen molar-refractivity contribution in [2.45, 2.75) is 32.1 Å². The van der Waals surface area contributed by atoms with Crippen molar-refractivity contribution in [3.05, 3.63) is 30.0 Å². The molecule has 1 rings (SSSR count). The highest BCUT2D eigenvalue weighted by molar-refractivity contribution is 5.18. The molecule has 0 amide bonds. The third-order valence-corrected chi connectivity index (χ3v) is 1.86. The molecule has 0 spiro atoms. The second kappa shape index (κ2) is 4.14. The van der Waals surface area contributed by atoms with Crippen molar-refractivity contribution in [2.75, 3.05) is 0 Å². The van der Waals surface area contributed by atoms with E-state index in [4.69, 9.17) is 0 Å². The van der Waals surface area contributed by atoms with Crippen LogP contribution in [0.4, 0.5) is 0 Å². The zero-order chi connectivity index (χ0) is 7.23. The summed E-state index contributed by atoms with van der Waals surface area (Å²) >= 11 is 0. The van der Waals surface area contributed by atoms with E-state index in [-0.39, 0.29) is 0 Å². The van der Waals surface area contributed by atoms with Gasteiger partial charge in [-0.15, -0.1) is 5.73 Å². The fourth-order valence-electron chi connectivity index (χ4n) is 1.30. The van der Waals surface area contributed by atoms with E-state index in [9.17, 15) is 0 Å². The van der Waals surface area contributed by atoms with Crippen LogP contribution in [0.2, 0.25) is 0 Å².